The van der Waals surface area contributed by atoms with Crippen LogP contribution >= 0.6 is 15.9 Å². The second kappa shape index (κ2) is 11.1. The Morgan fingerprint density at radius 1 is 1.09 bits per heavy atom. The van der Waals surface area contributed by atoms with E-state index >= 15 is 0 Å². The molecule has 1 amide bonds. The van der Waals surface area contributed by atoms with Crippen LogP contribution < -0.4 is 14.8 Å². The van der Waals surface area contributed by atoms with Crippen LogP contribution in [0.1, 0.15) is 18.1 Å². The number of carbonyl (C=O) groups is 1. The van der Waals surface area contributed by atoms with Gasteiger partial charge in [0.2, 0.25) is 0 Å². The van der Waals surface area contributed by atoms with Crippen molar-refractivity contribution in [3.8, 4) is 17.6 Å². The molecule has 0 unspecified atom stereocenters. The Kier molecular flexibility index (Phi) is 8.01. The maximum Gasteiger partial charge on any atom is 0.266 e. The molecule has 0 radical (unpaired) electrons. The number of hydrogen-bond donors (Lipinski definition) is 1. The molecule has 3 aromatic carbocycles. The first-order valence-corrected chi connectivity index (χ1v) is 10.6. The number of carbonyl (C=O) groups excluding carboxylic acids is 1. The molecule has 5 nitrogen and oxygen atoms in total. The van der Waals surface area contributed by atoms with Crippen LogP contribution in [0.4, 0.5) is 10.1 Å². The van der Waals surface area contributed by atoms with E-state index in [0.29, 0.717) is 36.0 Å². The molecule has 0 fully saturated rings. The molecule has 32 heavy (non-hydrogen) atoms. The zero-order valence-electron chi connectivity index (χ0n) is 17.3. The highest BCUT2D eigenvalue weighted by Crippen LogP contribution is 2.31. The zero-order chi connectivity index (χ0) is 22.9. The maximum atomic E-state index is 13.0. The van der Waals surface area contributed by atoms with Crippen LogP contribution in [0.5, 0.6) is 11.5 Å². The van der Waals surface area contributed by atoms with Crippen molar-refractivity contribution in [3.63, 3.8) is 0 Å². The van der Waals surface area contributed by atoms with Gasteiger partial charge >= 0.3 is 0 Å². The number of nitriles is 1. The van der Waals surface area contributed by atoms with Crippen LogP contribution in [0.3, 0.4) is 0 Å². The summed E-state index contributed by atoms with van der Waals surface area (Å²) >= 11 is 3.50. The number of amides is 1. The Hall–Kier alpha value is -3.63. The lowest BCUT2D eigenvalue weighted by Gasteiger charge is -2.13. The van der Waals surface area contributed by atoms with E-state index in [4.69, 9.17) is 9.47 Å². The molecule has 0 aliphatic heterocycles. The van der Waals surface area contributed by atoms with E-state index in [0.717, 1.165) is 10.0 Å². The predicted molar refractivity (Wildman–Crippen MR) is 125 cm³/mol. The molecule has 0 aliphatic rings. The molecule has 0 aliphatic carbocycles. The highest BCUT2D eigenvalue weighted by atomic mass is 79.9. The van der Waals surface area contributed by atoms with E-state index in [-0.39, 0.29) is 5.57 Å². The standard InChI is InChI=1S/C25H20BrFN2O3/c1-2-31-24-14-17(7-12-23(24)32-16-18-5-3-4-6-22(18)26)13-19(15-28)25(30)29-21-10-8-20(27)9-11-21/h3-14H,2,16H2,1H3,(H,29,30)/b19-13+. The number of nitrogens with zero attached hydrogens (tertiary/aromatic N) is 1. The number of halogens is 2. The lowest BCUT2D eigenvalue weighted by atomic mass is 10.1. The monoisotopic (exact) mass is 494 g/mol. The second-order valence-electron chi connectivity index (χ2n) is 6.65. The maximum absolute atomic E-state index is 13.0. The summed E-state index contributed by atoms with van der Waals surface area (Å²) in [4.78, 5) is 12.4. The zero-order valence-corrected chi connectivity index (χ0v) is 18.9. The van der Waals surface area contributed by atoms with Crippen LogP contribution in [0.25, 0.3) is 6.08 Å². The summed E-state index contributed by atoms with van der Waals surface area (Å²) < 4.78 is 25.6. The van der Waals surface area contributed by atoms with Crippen molar-refractivity contribution in [1.82, 2.24) is 0 Å². The van der Waals surface area contributed by atoms with Gasteiger partial charge in [-0.2, -0.15) is 5.26 Å². The first-order valence-electron chi connectivity index (χ1n) is 9.82. The van der Waals surface area contributed by atoms with E-state index < -0.39 is 11.7 Å². The van der Waals surface area contributed by atoms with Gasteiger partial charge < -0.3 is 14.8 Å². The van der Waals surface area contributed by atoms with Crippen LogP contribution in [-0.2, 0) is 11.4 Å². The molecule has 3 aromatic rings. The molecule has 0 saturated carbocycles. The van der Waals surface area contributed by atoms with Gasteiger partial charge in [0.1, 0.15) is 24.1 Å². The van der Waals surface area contributed by atoms with Gasteiger partial charge in [0.25, 0.3) is 5.91 Å². The molecule has 0 atom stereocenters. The summed E-state index contributed by atoms with van der Waals surface area (Å²) in [5.74, 6) is 0.0503. The molecule has 3 rings (SSSR count). The van der Waals surface area contributed by atoms with Crippen molar-refractivity contribution in [1.29, 1.82) is 5.26 Å². The number of anilines is 1. The average Bonchev–Trinajstić information content (AvgIpc) is 2.79. The summed E-state index contributed by atoms with van der Waals surface area (Å²) in [6.07, 6.45) is 1.46. The van der Waals surface area contributed by atoms with Gasteiger partial charge in [-0.05, 0) is 61.0 Å². The van der Waals surface area contributed by atoms with Crippen molar-refractivity contribution < 1.29 is 18.7 Å². The van der Waals surface area contributed by atoms with Crippen LogP contribution in [0.2, 0.25) is 0 Å². The van der Waals surface area contributed by atoms with Crippen molar-refractivity contribution in [3.05, 3.63) is 93.7 Å². The lowest BCUT2D eigenvalue weighted by molar-refractivity contribution is -0.112. The first-order chi connectivity index (χ1) is 15.5. The summed E-state index contributed by atoms with van der Waals surface area (Å²) in [6.45, 7) is 2.63. The summed E-state index contributed by atoms with van der Waals surface area (Å²) in [6, 6.07) is 20.1. The minimum atomic E-state index is -0.591. The molecule has 7 heteroatoms. The predicted octanol–water partition coefficient (Wildman–Crippen LogP) is 6.11. The van der Waals surface area contributed by atoms with E-state index in [2.05, 4.69) is 21.2 Å². The molecule has 0 saturated heterocycles. The highest BCUT2D eigenvalue weighted by Gasteiger charge is 2.12. The summed E-state index contributed by atoms with van der Waals surface area (Å²) in [5.41, 5.74) is 1.89. The molecular formula is C25H20BrFN2O3. The van der Waals surface area contributed by atoms with Gasteiger partial charge in [0, 0.05) is 15.7 Å². The minimum absolute atomic E-state index is 0.0985. The Balaban J connectivity index is 1.78. The van der Waals surface area contributed by atoms with Crippen molar-refractivity contribution >= 4 is 33.6 Å². The lowest BCUT2D eigenvalue weighted by Crippen LogP contribution is -2.13. The van der Waals surface area contributed by atoms with Crippen LogP contribution in [0, 0.1) is 17.1 Å². The summed E-state index contributed by atoms with van der Waals surface area (Å²) in [7, 11) is 0. The molecule has 0 spiro atoms. The van der Waals surface area contributed by atoms with Crippen molar-refractivity contribution in [2.24, 2.45) is 0 Å². The average molecular weight is 495 g/mol. The Morgan fingerprint density at radius 3 is 2.53 bits per heavy atom. The minimum Gasteiger partial charge on any atom is -0.490 e. The number of rotatable bonds is 8. The number of ether oxygens (including phenoxy) is 2. The van der Waals surface area contributed by atoms with Gasteiger partial charge in [-0.15, -0.1) is 0 Å². The normalized spacial score (nSPS) is 10.9. The first kappa shape index (κ1) is 23.0. The third-order valence-corrected chi connectivity index (χ3v) is 5.16. The van der Waals surface area contributed by atoms with Gasteiger partial charge in [-0.1, -0.05) is 40.2 Å². The number of benzene rings is 3. The van der Waals surface area contributed by atoms with E-state index in [1.54, 1.807) is 18.2 Å². The molecule has 0 aromatic heterocycles. The van der Waals surface area contributed by atoms with Crippen LogP contribution in [0.15, 0.2) is 76.8 Å². The quantitative estimate of drug-likeness (QED) is 0.302. The third-order valence-electron chi connectivity index (χ3n) is 4.39. The third kappa shape index (κ3) is 6.19. The molecular weight excluding hydrogens is 475 g/mol. The fraction of sp³-hybridized carbons (Fsp3) is 0.120. The Morgan fingerprint density at radius 2 is 1.84 bits per heavy atom. The Labute approximate surface area is 194 Å². The van der Waals surface area contributed by atoms with Gasteiger partial charge in [-0.3, -0.25) is 4.79 Å². The van der Waals surface area contributed by atoms with E-state index in [9.17, 15) is 14.4 Å². The summed E-state index contributed by atoms with van der Waals surface area (Å²) in [5, 5.41) is 12.0. The second-order valence-corrected chi connectivity index (χ2v) is 7.50. The van der Waals surface area contributed by atoms with Gasteiger partial charge in [0.05, 0.1) is 6.61 Å². The SMILES string of the molecule is CCOc1cc(/C=C(\C#N)C(=O)Nc2ccc(F)cc2)ccc1OCc1ccccc1Br. The van der Waals surface area contributed by atoms with Gasteiger partial charge in [0.15, 0.2) is 11.5 Å². The molecule has 1 N–H and O–H groups in total. The largest absolute Gasteiger partial charge is 0.490 e. The highest BCUT2D eigenvalue weighted by molar-refractivity contribution is 9.10. The van der Waals surface area contributed by atoms with Crippen LogP contribution in [-0.4, -0.2) is 12.5 Å². The Bertz CT molecular complexity index is 1170. The number of hydrogen-bond acceptors (Lipinski definition) is 4. The molecule has 162 valence electrons. The van der Waals surface area contributed by atoms with Crippen molar-refractivity contribution in [2.75, 3.05) is 11.9 Å². The van der Waals surface area contributed by atoms with E-state index in [1.165, 1.54) is 30.3 Å². The topological polar surface area (TPSA) is 71.3 Å². The van der Waals surface area contributed by atoms with E-state index in [1.807, 2.05) is 37.3 Å². The number of nitrogens with one attached hydrogen (secondary N) is 1. The molecule has 0 heterocycles. The smallest absolute Gasteiger partial charge is 0.266 e. The van der Waals surface area contributed by atoms with Crippen molar-refractivity contribution in [2.45, 2.75) is 13.5 Å². The fourth-order valence-electron chi connectivity index (χ4n) is 2.82. The molecule has 0 bridgehead atoms. The fourth-order valence-corrected chi connectivity index (χ4v) is 3.22. The van der Waals surface area contributed by atoms with Gasteiger partial charge in [-0.25, -0.2) is 4.39 Å².